The predicted octanol–water partition coefficient (Wildman–Crippen LogP) is 3.11. The third-order valence-electron chi connectivity index (χ3n) is 3.84. The number of hydrogen-bond acceptors (Lipinski definition) is 2. The zero-order valence-electron chi connectivity index (χ0n) is 8.81. The number of alkyl halides is 3. The first-order valence-corrected chi connectivity index (χ1v) is 6.59. The first kappa shape index (κ1) is 11.6. The van der Waals surface area contributed by atoms with Crippen molar-refractivity contribution in [3.63, 3.8) is 0 Å². The van der Waals surface area contributed by atoms with Crippen LogP contribution in [0.4, 0.5) is 13.2 Å². The predicted molar refractivity (Wildman–Crippen MR) is 55.8 cm³/mol. The minimum atomic E-state index is -4.12. The minimum absolute atomic E-state index is 0.199. The van der Waals surface area contributed by atoms with Crippen LogP contribution in [0.1, 0.15) is 25.7 Å². The summed E-state index contributed by atoms with van der Waals surface area (Å²) in [5.41, 5.74) is 0.259. The van der Waals surface area contributed by atoms with Gasteiger partial charge in [-0.15, -0.1) is 0 Å². The Morgan fingerprint density at radius 1 is 1.20 bits per heavy atom. The van der Waals surface area contributed by atoms with Gasteiger partial charge in [-0.25, -0.2) is 4.90 Å². The Bertz CT molecular complexity index is 225. The van der Waals surface area contributed by atoms with E-state index in [1.54, 1.807) is 0 Å². The highest BCUT2D eigenvalue weighted by Crippen LogP contribution is 2.53. The van der Waals surface area contributed by atoms with Crippen LogP contribution in [0.5, 0.6) is 0 Å². The van der Waals surface area contributed by atoms with Gasteiger partial charge in [-0.1, -0.05) is 0 Å². The van der Waals surface area contributed by atoms with Crippen molar-refractivity contribution in [3.8, 4) is 0 Å². The van der Waals surface area contributed by atoms with E-state index >= 15 is 0 Å². The van der Waals surface area contributed by atoms with Gasteiger partial charge in [-0.05, 0) is 37.4 Å². The van der Waals surface area contributed by atoms with Crippen molar-refractivity contribution in [1.29, 1.82) is 0 Å². The maximum atomic E-state index is 12.4. The lowest BCUT2D eigenvalue weighted by Crippen LogP contribution is -2.51. The third-order valence-corrected chi connectivity index (χ3v) is 4.84. The molecule has 1 aliphatic carbocycles. The van der Waals surface area contributed by atoms with Crippen molar-refractivity contribution in [1.82, 2.24) is 4.90 Å². The third kappa shape index (κ3) is 2.28. The molecule has 0 atom stereocenters. The molecule has 88 valence electrons. The van der Waals surface area contributed by atoms with Gasteiger partial charge in [0.1, 0.15) is 0 Å². The lowest BCUT2D eigenvalue weighted by atomic mass is 9.63. The summed E-state index contributed by atoms with van der Waals surface area (Å²) in [6, 6.07) is 0. The van der Waals surface area contributed by atoms with Crippen LogP contribution in [0, 0.1) is 5.41 Å². The zero-order chi connectivity index (χ0) is 11.1. The number of thioether (sulfide) groups is 1. The highest BCUT2D eigenvalue weighted by atomic mass is 32.2. The van der Waals surface area contributed by atoms with E-state index < -0.39 is 6.30 Å². The van der Waals surface area contributed by atoms with Crippen molar-refractivity contribution in [2.24, 2.45) is 5.41 Å². The van der Waals surface area contributed by atoms with Crippen LogP contribution in [0.15, 0.2) is 0 Å². The van der Waals surface area contributed by atoms with E-state index in [0.717, 1.165) is 25.7 Å². The van der Waals surface area contributed by atoms with Crippen LogP contribution in [0.3, 0.4) is 0 Å². The lowest BCUT2D eigenvalue weighted by molar-refractivity contribution is -0.257. The molecule has 1 saturated heterocycles. The van der Waals surface area contributed by atoms with Crippen molar-refractivity contribution in [2.75, 3.05) is 19.3 Å². The SMILES string of the molecule is CSC1CC2(CCN(C(F)(F)F)CC2)C1. The number of piperidine rings is 1. The smallest absolute Gasteiger partial charge is 0.214 e. The van der Waals surface area contributed by atoms with Gasteiger partial charge in [0.2, 0.25) is 0 Å². The number of rotatable bonds is 1. The molecular weight excluding hydrogens is 223 g/mol. The maximum absolute atomic E-state index is 12.4. The largest absolute Gasteiger partial charge is 0.459 e. The van der Waals surface area contributed by atoms with Gasteiger partial charge in [-0.2, -0.15) is 24.9 Å². The number of halogens is 3. The fourth-order valence-corrected chi connectivity index (χ4v) is 3.76. The zero-order valence-corrected chi connectivity index (χ0v) is 9.63. The highest BCUT2D eigenvalue weighted by molar-refractivity contribution is 7.99. The molecule has 2 rings (SSSR count). The fourth-order valence-electron chi connectivity index (χ4n) is 2.72. The number of likely N-dealkylation sites (tertiary alicyclic amines) is 1. The van der Waals surface area contributed by atoms with Crippen LogP contribution in [0.2, 0.25) is 0 Å². The second kappa shape index (κ2) is 3.84. The second-order valence-corrected chi connectivity index (χ2v) is 5.86. The number of nitrogens with zero attached hydrogens (tertiary/aromatic N) is 1. The lowest BCUT2D eigenvalue weighted by Gasteiger charge is -2.51. The average molecular weight is 239 g/mol. The van der Waals surface area contributed by atoms with Crippen LogP contribution in [-0.4, -0.2) is 35.8 Å². The molecule has 1 spiro atoms. The molecule has 0 radical (unpaired) electrons. The van der Waals surface area contributed by atoms with E-state index in [1.807, 2.05) is 11.8 Å². The van der Waals surface area contributed by atoms with Crippen LogP contribution < -0.4 is 0 Å². The van der Waals surface area contributed by atoms with Gasteiger partial charge in [0.25, 0.3) is 0 Å². The Labute approximate surface area is 92.4 Å². The Hall–Kier alpha value is 0.100. The molecule has 15 heavy (non-hydrogen) atoms. The average Bonchev–Trinajstić information content (AvgIpc) is 2.12. The molecule has 2 fully saturated rings. The van der Waals surface area contributed by atoms with E-state index in [9.17, 15) is 13.2 Å². The van der Waals surface area contributed by atoms with E-state index in [4.69, 9.17) is 0 Å². The fraction of sp³-hybridized carbons (Fsp3) is 1.00. The summed E-state index contributed by atoms with van der Waals surface area (Å²) in [6.07, 6.45) is 1.67. The minimum Gasteiger partial charge on any atom is -0.214 e. The topological polar surface area (TPSA) is 3.24 Å². The Morgan fingerprint density at radius 2 is 1.73 bits per heavy atom. The molecule has 1 heterocycles. The van der Waals surface area contributed by atoms with Gasteiger partial charge >= 0.3 is 6.30 Å². The molecule has 0 amide bonds. The summed E-state index contributed by atoms with van der Waals surface area (Å²) in [5.74, 6) is 0. The van der Waals surface area contributed by atoms with Crippen molar-refractivity contribution < 1.29 is 13.2 Å². The van der Waals surface area contributed by atoms with E-state index in [-0.39, 0.29) is 18.5 Å². The van der Waals surface area contributed by atoms with Gasteiger partial charge in [-0.3, -0.25) is 0 Å². The maximum Gasteiger partial charge on any atom is 0.459 e. The van der Waals surface area contributed by atoms with Crippen molar-refractivity contribution in [2.45, 2.75) is 37.2 Å². The summed E-state index contributed by atoms with van der Waals surface area (Å²) in [7, 11) is 0. The van der Waals surface area contributed by atoms with Gasteiger partial charge in [0.05, 0.1) is 0 Å². The quantitative estimate of drug-likeness (QED) is 0.647. The highest BCUT2D eigenvalue weighted by Gasteiger charge is 2.49. The molecule has 0 aromatic carbocycles. The second-order valence-electron chi connectivity index (χ2n) is 4.72. The molecular formula is C10H16F3NS. The Kier molecular flexibility index (Phi) is 2.97. The van der Waals surface area contributed by atoms with Crippen molar-refractivity contribution >= 4 is 11.8 Å². The monoisotopic (exact) mass is 239 g/mol. The molecule has 2 aliphatic rings. The van der Waals surface area contributed by atoms with Crippen LogP contribution in [0.25, 0.3) is 0 Å². The molecule has 1 saturated carbocycles. The van der Waals surface area contributed by atoms with Gasteiger partial charge in [0, 0.05) is 18.3 Å². The van der Waals surface area contributed by atoms with Gasteiger partial charge < -0.3 is 0 Å². The van der Waals surface area contributed by atoms with Crippen LogP contribution >= 0.6 is 11.8 Å². The molecule has 0 N–H and O–H groups in total. The molecule has 1 aliphatic heterocycles. The summed E-state index contributed by atoms with van der Waals surface area (Å²) < 4.78 is 37.1. The Balaban J connectivity index is 1.83. The standard InChI is InChI=1S/C10H16F3NS/c1-15-8-6-9(7-8)2-4-14(5-3-9)10(11,12)13/h8H,2-7H2,1H3. The molecule has 0 aromatic rings. The molecule has 0 aromatic heterocycles. The molecule has 5 heteroatoms. The molecule has 0 bridgehead atoms. The van der Waals surface area contributed by atoms with E-state index in [2.05, 4.69) is 6.26 Å². The summed E-state index contributed by atoms with van der Waals surface area (Å²) >= 11 is 1.85. The first-order chi connectivity index (χ1) is 6.95. The normalized spacial score (nSPS) is 28.0. The van der Waals surface area contributed by atoms with Gasteiger partial charge in [0.15, 0.2) is 0 Å². The van der Waals surface area contributed by atoms with E-state index in [0.29, 0.717) is 10.1 Å². The molecule has 1 nitrogen and oxygen atoms in total. The summed E-state index contributed by atoms with van der Waals surface area (Å²) in [5, 5.41) is 0.697. The van der Waals surface area contributed by atoms with E-state index in [1.165, 1.54) is 0 Å². The summed E-state index contributed by atoms with van der Waals surface area (Å²) in [6.45, 7) is 0.398. The molecule has 0 unspecified atom stereocenters. The first-order valence-electron chi connectivity index (χ1n) is 5.30. The Morgan fingerprint density at radius 3 is 2.13 bits per heavy atom. The number of hydrogen-bond donors (Lipinski definition) is 0. The van der Waals surface area contributed by atoms with Crippen molar-refractivity contribution in [3.05, 3.63) is 0 Å². The van der Waals surface area contributed by atoms with Crippen LogP contribution in [-0.2, 0) is 0 Å². The summed E-state index contributed by atoms with van der Waals surface area (Å²) in [4.78, 5) is 0.657.